The number of amides is 2. The molecule has 0 aliphatic carbocycles. The highest BCUT2D eigenvalue weighted by Gasteiger charge is 2.23. The maximum absolute atomic E-state index is 12.6. The lowest BCUT2D eigenvalue weighted by Crippen LogP contribution is -2.45. The van der Waals surface area contributed by atoms with E-state index in [1.54, 1.807) is 6.20 Å². The molecule has 0 bridgehead atoms. The maximum Gasteiger partial charge on any atom is 0.318 e. The molecule has 0 saturated carbocycles. The maximum atomic E-state index is 12.6. The fourth-order valence-corrected chi connectivity index (χ4v) is 3.64. The normalized spacial score (nSPS) is 16.0. The standard InChI is InChI=1S/C17H18ClN3OS/c18-14-5-3-4-13(12-14)16(15-6-1-2-7-19-15)20-17(22)21-8-10-23-11-9-21/h1-7,12,16H,8-11H2,(H,20,22)/t16-/m0/s1. The van der Waals surface area contributed by atoms with Gasteiger partial charge in [0.25, 0.3) is 0 Å². The van der Waals surface area contributed by atoms with Crippen molar-refractivity contribution in [3.05, 3.63) is 64.9 Å². The first-order valence-electron chi connectivity index (χ1n) is 7.53. The van der Waals surface area contributed by atoms with E-state index in [1.807, 2.05) is 59.1 Å². The first-order valence-corrected chi connectivity index (χ1v) is 9.07. The lowest BCUT2D eigenvalue weighted by atomic mass is 10.0. The van der Waals surface area contributed by atoms with E-state index < -0.39 is 0 Å². The summed E-state index contributed by atoms with van der Waals surface area (Å²) < 4.78 is 0. The van der Waals surface area contributed by atoms with Gasteiger partial charge in [-0.2, -0.15) is 11.8 Å². The van der Waals surface area contributed by atoms with E-state index >= 15 is 0 Å². The largest absolute Gasteiger partial charge is 0.325 e. The molecule has 1 aliphatic rings. The number of carbonyl (C=O) groups is 1. The summed E-state index contributed by atoms with van der Waals surface area (Å²) in [4.78, 5) is 18.8. The van der Waals surface area contributed by atoms with Gasteiger partial charge in [-0.25, -0.2) is 4.79 Å². The molecule has 2 aromatic rings. The molecule has 3 rings (SSSR count). The second-order valence-electron chi connectivity index (χ2n) is 5.29. The molecule has 120 valence electrons. The molecule has 23 heavy (non-hydrogen) atoms. The molecule has 1 N–H and O–H groups in total. The second-order valence-corrected chi connectivity index (χ2v) is 6.95. The average molecular weight is 348 g/mol. The molecule has 0 spiro atoms. The predicted octanol–water partition coefficient (Wildman–Crippen LogP) is 3.58. The van der Waals surface area contributed by atoms with Gasteiger partial charge >= 0.3 is 6.03 Å². The van der Waals surface area contributed by atoms with Crippen LogP contribution in [0, 0.1) is 0 Å². The summed E-state index contributed by atoms with van der Waals surface area (Å²) in [7, 11) is 0. The highest BCUT2D eigenvalue weighted by atomic mass is 35.5. The molecule has 2 heterocycles. The first-order chi connectivity index (χ1) is 11.2. The molecule has 4 nitrogen and oxygen atoms in total. The Morgan fingerprint density at radius 3 is 2.74 bits per heavy atom. The van der Waals surface area contributed by atoms with Crippen molar-refractivity contribution in [2.45, 2.75) is 6.04 Å². The quantitative estimate of drug-likeness (QED) is 0.923. The zero-order chi connectivity index (χ0) is 16.1. The molecule has 2 amide bonds. The number of hydrogen-bond acceptors (Lipinski definition) is 3. The molecular formula is C17H18ClN3OS. The summed E-state index contributed by atoms with van der Waals surface area (Å²) in [6.45, 7) is 1.56. The van der Waals surface area contributed by atoms with Gasteiger partial charge in [-0.3, -0.25) is 4.98 Å². The van der Waals surface area contributed by atoms with Crippen LogP contribution in [0.3, 0.4) is 0 Å². The molecule has 6 heteroatoms. The third-order valence-corrected chi connectivity index (χ3v) is 4.91. The van der Waals surface area contributed by atoms with Crippen LogP contribution in [0.15, 0.2) is 48.7 Å². The van der Waals surface area contributed by atoms with Gasteiger partial charge in [0, 0.05) is 35.8 Å². The Kier molecular flexibility index (Phi) is 5.41. The van der Waals surface area contributed by atoms with Crippen molar-refractivity contribution >= 4 is 29.4 Å². The Labute approximate surface area is 145 Å². The number of halogens is 1. The van der Waals surface area contributed by atoms with Gasteiger partial charge in [-0.05, 0) is 29.8 Å². The molecule has 0 unspecified atom stereocenters. The summed E-state index contributed by atoms with van der Waals surface area (Å²) >= 11 is 7.99. The minimum atomic E-state index is -0.308. The minimum absolute atomic E-state index is 0.0547. The molecule has 1 aliphatic heterocycles. The van der Waals surface area contributed by atoms with Crippen LogP contribution in [-0.2, 0) is 0 Å². The number of thioether (sulfide) groups is 1. The van der Waals surface area contributed by atoms with E-state index in [-0.39, 0.29) is 12.1 Å². The van der Waals surface area contributed by atoms with Crippen LogP contribution in [0.1, 0.15) is 17.3 Å². The zero-order valence-electron chi connectivity index (χ0n) is 12.6. The van der Waals surface area contributed by atoms with E-state index in [9.17, 15) is 4.79 Å². The van der Waals surface area contributed by atoms with Crippen molar-refractivity contribution in [1.82, 2.24) is 15.2 Å². The smallest absolute Gasteiger partial charge is 0.318 e. The minimum Gasteiger partial charge on any atom is -0.325 e. The molecule has 1 fully saturated rings. The van der Waals surface area contributed by atoms with E-state index in [0.717, 1.165) is 35.9 Å². The van der Waals surface area contributed by atoms with Gasteiger partial charge in [0.2, 0.25) is 0 Å². The van der Waals surface area contributed by atoms with Crippen LogP contribution in [0.4, 0.5) is 4.79 Å². The van der Waals surface area contributed by atoms with Gasteiger partial charge in [-0.15, -0.1) is 0 Å². The summed E-state index contributed by atoms with van der Waals surface area (Å²) in [5.74, 6) is 1.97. The van der Waals surface area contributed by atoms with Crippen molar-refractivity contribution in [3.63, 3.8) is 0 Å². The van der Waals surface area contributed by atoms with Crippen molar-refractivity contribution in [1.29, 1.82) is 0 Å². The number of nitrogens with zero attached hydrogens (tertiary/aromatic N) is 2. The van der Waals surface area contributed by atoms with Gasteiger partial charge in [-0.1, -0.05) is 29.8 Å². The molecule has 1 atom stereocenters. The number of pyridine rings is 1. The van der Waals surface area contributed by atoms with Gasteiger partial charge in [0.1, 0.15) is 0 Å². The Hall–Kier alpha value is -1.72. The Bertz CT molecular complexity index is 662. The zero-order valence-corrected chi connectivity index (χ0v) is 14.2. The van der Waals surface area contributed by atoms with Gasteiger partial charge in [0.15, 0.2) is 0 Å². The van der Waals surface area contributed by atoms with Crippen molar-refractivity contribution in [3.8, 4) is 0 Å². The summed E-state index contributed by atoms with van der Waals surface area (Å²) in [5.41, 5.74) is 1.73. The van der Waals surface area contributed by atoms with Crippen molar-refractivity contribution < 1.29 is 4.79 Å². The fourth-order valence-electron chi connectivity index (χ4n) is 2.54. The number of aromatic nitrogens is 1. The second kappa shape index (κ2) is 7.70. The average Bonchev–Trinajstić information content (AvgIpc) is 2.61. The molecule has 1 saturated heterocycles. The van der Waals surface area contributed by atoms with Crippen LogP contribution in [0.2, 0.25) is 5.02 Å². The molecule has 1 aromatic heterocycles. The lowest BCUT2D eigenvalue weighted by molar-refractivity contribution is 0.200. The topological polar surface area (TPSA) is 45.2 Å². The van der Waals surface area contributed by atoms with Gasteiger partial charge < -0.3 is 10.2 Å². The van der Waals surface area contributed by atoms with Gasteiger partial charge in [0.05, 0.1) is 11.7 Å². The Balaban J connectivity index is 1.85. The van der Waals surface area contributed by atoms with Crippen LogP contribution in [0.25, 0.3) is 0 Å². The SMILES string of the molecule is O=C(N[C@@H](c1cccc(Cl)c1)c1ccccn1)N1CCSCC1. The fraction of sp³-hybridized carbons (Fsp3) is 0.294. The van der Waals surface area contributed by atoms with Crippen molar-refractivity contribution in [2.24, 2.45) is 0 Å². The first kappa shape index (κ1) is 16.1. The summed E-state index contributed by atoms with van der Waals surface area (Å²) in [6.07, 6.45) is 1.73. The monoisotopic (exact) mass is 347 g/mol. The van der Waals surface area contributed by atoms with Crippen LogP contribution < -0.4 is 5.32 Å². The highest BCUT2D eigenvalue weighted by Crippen LogP contribution is 2.23. The summed E-state index contributed by atoms with van der Waals surface area (Å²) in [5, 5.41) is 3.75. The number of urea groups is 1. The number of nitrogens with one attached hydrogen (secondary N) is 1. The third kappa shape index (κ3) is 4.18. The van der Waals surface area contributed by atoms with Crippen LogP contribution in [-0.4, -0.2) is 40.5 Å². The lowest BCUT2D eigenvalue weighted by Gasteiger charge is -2.29. The Morgan fingerprint density at radius 1 is 1.22 bits per heavy atom. The van der Waals surface area contributed by atoms with E-state index in [4.69, 9.17) is 11.6 Å². The highest BCUT2D eigenvalue weighted by molar-refractivity contribution is 7.99. The number of benzene rings is 1. The third-order valence-electron chi connectivity index (χ3n) is 3.73. The van der Waals surface area contributed by atoms with Crippen LogP contribution >= 0.6 is 23.4 Å². The molecule has 1 aromatic carbocycles. The number of rotatable bonds is 3. The molecular weight excluding hydrogens is 330 g/mol. The van der Waals surface area contributed by atoms with E-state index in [1.165, 1.54) is 0 Å². The number of carbonyl (C=O) groups excluding carboxylic acids is 1. The summed E-state index contributed by atoms with van der Waals surface area (Å²) in [6, 6.07) is 12.9. The van der Waals surface area contributed by atoms with Crippen molar-refractivity contribution in [2.75, 3.05) is 24.6 Å². The van der Waals surface area contributed by atoms with E-state index in [2.05, 4.69) is 10.3 Å². The Morgan fingerprint density at radius 2 is 2.04 bits per heavy atom. The van der Waals surface area contributed by atoms with E-state index in [0.29, 0.717) is 5.02 Å². The van der Waals surface area contributed by atoms with Crippen LogP contribution in [0.5, 0.6) is 0 Å². The predicted molar refractivity (Wildman–Crippen MR) is 95.0 cm³/mol. The number of hydrogen-bond donors (Lipinski definition) is 1. The molecule has 0 radical (unpaired) electrons.